The van der Waals surface area contributed by atoms with Crippen LogP contribution in [0.1, 0.15) is 51.9 Å². The van der Waals surface area contributed by atoms with E-state index in [2.05, 4.69) is 6.92 Å². The summed E-state index contributed by atoms with van der Waals surface area (Å²) >= 11 is 0. The Balaban J connectivity index is 0.000000810. The maximum atomic E-state index is 6.34. The first-order valence-corrected chi connectivity index (χ1v) is 6.96. The van der Waals surface area contributed by atoms with Gasteiger partial charge < -0.3 is 10.2 Å². The second kappa shape index (κ2) is 3.23. The first-order chi connectivity index (χ1) is 7.32. The first kappa shape index (κ1) is 11.0. The van der Waals surface area contributed by atoms with Crippen LogP contribution < -0.4 is 0 Å². The van der Waals surface area contributed by atoms with Crippen LogP contribution in [0.15, 0.2) is 0 Å². The van der Waals surface area contributed by atoms with Crippen LogP contribution in [0.5, 0.6) is 0 Å². The highest BCUT2D eigenvalue weighted by Gasteiger charge is 2.88. The molecule has 0 aromatic carbocycles. The third kappa shape index (κ3) is 0.896. The molecule has 0 bridgehead atoms. The lowest BCUT2D eigenvalue weighted by Crippen LogP contribution is -2.52. The second-order valence-electron chi connectivity index (χ2n) is 6.47. The molecule has 92 valence electrons. The highest BCUT2D eigenvalue weighted by Crippen LogP contribution is 2.86. The van der Waals surface area contributed by atoms with Gasteiger partial charge in [-0.05, 0) is 43.4 Å². The molecule has 4 rings (SSSR count). The van der Waals surface area contributed by atoms with Crippen LogP contribution in [-0.4, -0.2) is 17.7 Å². The lowest BCUT2D eigenvalue weighted by molar-refractivity contribution is -0.152. The van der Waals surface area contributed by atoms with E-state index < -0.39 is 0 Å². The number of hydrogen-bond donors (Lipinski definition) is 0. The fourth-order valence-electron chi connectivity index (χ4n) is 5.77. The molecule has 0 radical (unpaired) electrons. The Morgan fingerprint density at radius 2 is 1.62 bits per heavy atom. The number of rotatable bonds is 0. The third-order valence-electron chi connectivity index (χ3n) is 6.32. The van der Waals surface area contributed by atoms with Crippen molar-refractivity contribution in [1.29, 1.82) is 0 Å². The predicted molar refractivity (Wildman–Crippen MR) is 63.2 cm³/mol. The zero-order chi connectivity index (χ0) is 10.1. The fourth-order valence-corrected chi connectivity index (χ4v) is 5.77. The van der Waals surface area contributed by atoms with E-state index in [4.69, 9.17) is 4.74 Å². The summed E-state index contributed by atoms with van der Waals surface area (Å²) in [6, 6.07) is 0. The van der Waals surface area contributed by atoms with Crippen LogP contribution in [0.3, 0.4) is 0 Å². The van der Waals surface area contributed by atoms with Gasteiger partial charge in [-0.1, -0.05) is 26.2 Å². The van der Waals surface area contributed by atoms with Crippen molar-refractivity contribution in [3.05, 3.63) is 0 Å². The molecular formula is C14H24O2. The normalized spacial score (nSPS) is 57.9. The monoisotopic (exact) mass is 224 g/mol. The summed E-state index contributed by atoms with van der Waals surface area (Å²) in [5.74, 6) is 2.94. The fraction of sp³-hybridized carbons (Fsp3) is 1.00. The molecule has 16 heavy (non-hydrogen) atoms. The van der Waals surface area contributed by atoms with Crippen molar-refractivity contribution in [3.8, 4) is 0 Å². The summed E-state index contributed by atoms with van der Waals surface area (Å²) < 4.78 is 6.34. The van der Waals surface area contributed by atoms with Gasteiger partial charge in [0.2, 0.25) is 0 Å². The van der Waals surface area contributed by atoms with E-state index in [1.165, 1.54) is 44.9 Å². The highest BCUT2D eigenvalue weighted by molar-refractivity contribution is 5.37. The molecule has 0 aromatic rings. The molecule has 5 atom stereocenters. The molecular weight excluding hydrogens is 200 g/mol. The minimum atomic E-state index is 0. The maximum Gasteiger partial charge on any atom is 0.0807 e. The van der Waals surface area contributed by atoms with E-state index >= 15 is 0 Å². The SMILES string of the molecule is CC12C3CCCCC3C13OCCCCC23.O. The third-order valence-corrected chi connectivity index (χ3v) is 6.32. The second-order valence-corrected chi connectivity index (χ2v) is 6.47. The van der Waals surface area contributed by atoms with Crippen LogP contribution in [0, 0.1) is 23.2 Å². The molecule has 0 aromatic heterocycles. The van der Waals surface area contributed by atoms with Crippen molar-refractivity contribution < 1.29 is 10.2 Å². The van der Waals surface area contributed by atoms with Crippen molar-refractivity contribution in [2.75, 3.05) is 6.61 Å². The summed E-state index contributed by atoms with van der Waals surface area (Å²) in [7, 11) is 0. The number of hydrogen-bond acceptors (Lipinski definition) is 1. The number of fused-ring (bicyclic) bond motifs is 3. The molecule has 2 N–H and O–H groups in total. The van der Waals surface area contributed by atoms with Gasteiger partial charge in [-0.25, -0.2) is 0 Å². The van der Waals surface area contributed by atoms with Gasteiger partial charge in [0.1, 0.15) is 0 Å². The Bertz CT molecular complexity index is 299. The van der Waals surface area contributed by atoms with E-state index in [0.717, 1.165) is 24.4 Å². The Hall–Kier alpha value is -0.0800. The van der Waals surface area contributed by atoms with Crippen molar-refractivity contribution in [3.63, 3.8) is 0 Å². The Kier molecular flexibility index (Phi) is 2.23. The van der Waals surface area contributed by atoms with Gasteiger partial charge >= 0.3 is 0 Å². The van der Waals surface area contributed by atoms with Crippen LogP contribution in [0.2, 0.25) is 0 Å². The molecule has 2 nitrogen and oxygen atoms in total. The van der Waals surface area contributed by atoms with Crippen LogP contribution in [0.25, 0.3) is 0 Å². The lowest BCUT2D eigenvalue weighted by Gasteiger charge is -2.52. The Morgan fingerprint density at radius 1 is 0.938 bits per heavy atom. The number of ether oxygens (including phenoxy) is 1. The largest absolute Gasteiger partial charge is 0.412 e. The van der Waals surface area contributed by atoms with E-state index in [1.807, 2.05) is 0 Å². The average Bonchev–Trinajstić information content (AvgIpc) is 2.83. The smallest absolute Gasteiger partial charge is 0.0807 e. The maximum absolute atomic E-state index is 6.34. The summed E-state index contributed by atoms with van der Waals surface area (Å²) in [5, 5.41) is 0. The highest BCUT2D eigenvalue weighted by atomic mass is 16.5. The molecule has 3 saturated carbocycles. The van der Waals surface area contributed by atoms with Crippen LogP contribution in [-0.2, 0) is 4.74 Å². The predicted octanol–water partition coefficient (Wildman–Crippen LogP) is 2.56. The lowest BCUT2D eigenvalue weighted by atomic mass is 9.57. The molecule has 1 heterocycles. The van der Waals surface area contributed by atoms with Crippen molar-refractivity contribution in [1.82, 2.24) is 0 Å². The minimum Gasteiger partial charge on any atom is -0.412 e. The van der Waals surface area contributed by atoms with Gasteiger partial charge in [-0.15, -0.1) is 0 Å². The zero-order valence-electron chi connectivity index (χ0n) is 10.3. The molecule has 0 amide bonds. The Labute approximate surface area is 98.1 Å². The molecule has 4 aliphatic rings. The average molecular weight is 224 g/mol. The van der Waals surface area contributed by atoms with Gasteiger partial charge in [0.05, 0.1) is 5.60 Å². The molecule has 5 unspecified atom stereocenters. The molecule has 1 saturated heterocycles. The first-order valence-electron chi connectivity index (χ1n) is 6.96. The molecule has 3 aliphatic carbocycles. The van der Waals surface area contributed by atoms with Crippen molar-refractivity contribution in [2.24, 2.45) is 23.2 Å². The topological polar surface area (TPSA) is 40.7 Å². The molecule has 2 heteroatoms. The van der Waals surface area contributed by atoms with E-state index in [1.54, 1.807) is 0 Å². The van der Waals surface area contributed by atoms with Crippen molar-refractivity contribution in [2.45, 2.75) is 57.5 Å². The van der Waals surface area contributed by atoms with Crippen LogP contribution in [0.4, 0.5) is 0 Å². The van der Waals surface area contributed by atoms with Gasteiger partial charge in [-0.2, -0.15) is 0 Å². The van der Waals surface area contributed by atoms with E-state index in [-0.39, 0.29) is 5.48 Å². The van der Waals surface area contributed by atoms with Gasteiger partial charge in [-0.3, -0.25) is 0 Å². The Morgan fingerprint density at radius 3 is 2.44 bits per heavy atom. The molecule has 1 aliphatic heterocycles. The van der Waals surface area contributed by atoms with Gasteiger partial charge in [0.15, 0.2) is 0 Å². The van der Waals surface area contributed by atoms with E-state index in [0.29, 0.717) is 11.0 Å². The molecule has 4 fully saturated rings. The summed E-state index contributed by atoms with van der Waals surface area (Å²) in [6.45, 7) is 3.59. The molecule has 1 spiro atoms. The van der Waals surface area contributed by atoms with Gasteiger partial charge in [0.25, 0.3) is 0 Å². The summed E-state index contributed by atoms with van der Waals surface area (Å²) in [5.41, 5.74) is 1.02. The van der Waals surface area contributed by atoms with Crippen LogP contribution >= 0.6 is 0 Å². The zero-order valence-corrected chi connectivity index (χ0v) is 10.3. The van der Waals surface area contributed by atoms with Crippen molar-refractivity contribution >= 4 is 0 Å². The van der Waals surface area contributed by atoms with E-state index in [9.17, 15) is 0 Å². The van der Waals surface area contributed by atoms with Gasteiger partial charge in [0, 0.05) is 12.0 Å². The summed E-state index contributed by atoms with van der Waals surface area (Å²) in [6.07, 6.45) is 10.1. The standard InChI is InChI=1S/C14H22O.H2O/c1-13-10-6-2-3-7-11(10)14(13)12(13)8-4-5-9-15-14;/h10-12H,2-9H2,1H3;1H2. The minimum absolute atomic E-state index is 0. The summed E-state index contributed by atoms with van der Waals surface area (Å²) in [4.78, 5) is 0. The quantitative estimate of drug-likeness (QED) is 0.623.